The first kappa shape index (κ1) is 20.7. The van der Waals surface area contributed by atoms with E-state index < -0.39 is 0 Å². The smallest absolute Gasteiger partial charge is 0.189 e. The zero-order valence-corrected chi connectivity index (χ0v) is 17.7. The molecule has 1 fully saturated rings. The third-order valence-corrected chi connectivity index (χ3v) is 5.45. The first-order valence-corrected chi connectivity index (χ1v) is 10.1. The molecule has 1 aliphatic heterocycles. The van der Waals surface area contributed by atoms with E-state index in [1.54, 1.807) is 6.07 Å². The molecule has 1 unspecified atom stereocenters. The second-order valence-corrected chi connectivity index (χ2v) is 7.85. The highest BCUT2D eigenvalue weighted by atomic mass is 35.5. The first-order chi connectivity index (χ1) is 13.4. The van der Waals surface area contributed by atoms with Gasteiger partial charge < -0.3 is 20.9 Å². The van der Waals surface area contributed by atoms with Crippen LogP contribution in [0.2, 0.25) is 10.0 Å². The van der Waals surface area contributed by atoms with Gasteiger partial charge in [0.1, 0.15) is 5.82 Å². The van der Waals surface area contributed by atoms with Crippen molar-refractivity contribution < 1.29 is 0 Å². The molecule has 1 aromatic carbocycles. The van der Waals surface area contributed by atoms with E-state index in [1.807, 2.05) is 31.3 Å². The number of anilines is 1. The predicted molar refractivity (Wildman–Crippen MR) is 117 cm³/mol. The fourth-order valence-electron chi connectivity index (χ4n) is 3.22. The molecule has 1 aromatic heterocycles. The van der Waals surface area contributed by atoms with Gasteiger partial charge in [-0.2, -0.15) is 0 Å². The lowest BCUT2D eigenvalue weighted by molar-refractivity contribution is 0.312. The summed E-state index contributed by atoms with van der Waals surface area (Å²) in [6, 6.07) is 9.33. The molecule has 3 N–H and O–H groups in total. The zero-order valence-electron chi connectivity index (χ0n) is 16.2. The van der Waals surface area contributed by atoms with Gasteiger partial charge in [-0.3, -0.25) is 0 Å². The summed E-state index contributed by atoms with van der Waals surface area (Å²) in [4.78, 5) is 13.7. The Morgan fingerprint density at radius 3 is 2.71 bits per heavy atom. The number of hydrogen-bond donors (Lipinski definition) is 2. The van der Waals surface area contributed by atoms with E-state index in [1.165, 1.54) is 0 Å². The van der Waals surface area contributed by atoms with Crippen LogP contribution in [0.25, 0.3) is 0 Å². The van der Waals surface area contributed by atoms with Crippen LogP contribution in [0.15, 0.2) is 41.5 Å². The fourth-order valence-corrected chi connectivity index (χ4v) is 3.80. The molecule has 28 heavy (non-hydrogen) atoms. The highest BCUT2D eigenvalue weighted by Crippen LogP contribution is 2.26. The molecule has 0 aliphatic carbocycles. The Morgan fingerprint density at radius 2 is 2.00 bits per heavy atom. The van der Waals surface area contributed by atoms with Gasteiger partial charge >= 0.3 is 0 Å². The van der Waals surface area contributed by atoms with Crippen LogP contribution in [0.3, 0.4) is 0 Å². The van der Waals surface area contributed by atoms with E-state index in [0.717, 1.165) is 43.1 Å². The van der Waals surface area contributed by atoms with Gasteiger partial charge in [-0.1, -0.05) is 35.3 Å². The van der Waals surface area contributed by atoms with Crippen molar-refractivity contribution in [2.24, 2.45) is 10.7 Å². The van der Waals surface area contributed by atoms with E-state index in [4.69, 9.17) is 28.9 Å². The van der Waals surface area contributed by atoms with Crippen molar-refractivity contribution in [3.05, 3.63) is 57.7 Å². The van der Waals surface area contributed by atoms with Gasteiger partial charge in [0.15, 0.2) is 5.96 Å². The summed E-state index contributed by atoms with van der Waals surface area (Å²) in [6.45, 7) is 6.44. The number of halogens is 2. The fraction of sp³-hybridized carbons (Fsp3) is 0.400. The first-order valence-electron chi connectivity index (χ1n) is 9.33. The Morgan fingerprint density at radius 1 is 1.25 bits per heavy atom. The maximum Gasteiger partial charge on any atom is 0.189 e. The lowest BCUT2D eigenvalue weighted by atomic mass is 10.1. The summed E-state index contributed by atoms with van der Waals surface area (Å²) in [6.07, 6.45) is 1.83. The number of pyridine rings is 1. The number of aromatic nitrogens is 1. The molecule has 2 aromatic rings. The number of rotatable bonds is 5. The number of likely N-dealkylation sites (N-methyl/N-ethyl adjacent to an activating group) is 1. The second-order valence-electron chi connectivity index (χ2n) is 7.01. The Labute approximate surface area is 176 Å². The maximum absolute atomic E-state index is 6.28. The predicted octanol–water partition coefficient (Wildman–Crippen LogP) is 3.31. The van der Waals surface area contributed by atoms with E-state index in [2.05, 4.69) is 38.2 Å². The molecule has 0 amide bonds. The number of nitrogens with one attached hydrogen (secondary N) is 1. The molecule has 0 spiro atoms. The summed E-state index contributed by atoms with van der Waals surface area (Å²) in [7, 11) is 2.14. The minimum absolute atomic E-state index is 0.0838. The molecule has 1 atom stereocenters. The Bertz CT molecular complexity index is 833. The summed E-state index contributed by atoms with van der Waals surface area (Å²) >= 11 is 12.2. The number of hydrogen-bond acceptors (Lipinski definition) is 4. The monoisotopic (exact) mass is 420 g/mol. The summed E-state index contributed by atoms with van der Waals surface area (Å²) < 4.78 is 0. The highest BCUT2D eigenvalue weighted by molar-refractivity contribution is 6.35. The maximum atomic E-state index is 6.28. The van der Waals surface area contributed by atoms with Crippen LogP contribution < -0.4 is 16.0 Å². The van der Waals surface area contributed by atoms with Crippen LogP contribution in [0.1, 0.15) is 24.1 Å². The molecule has 2 heterocycles. The van der Waals surface area contributed by atoms with Crippen molar-refractivity contribution >= 4 is 35.0 Å². The van der Waals surface area contributed by atoms with Crippen molar-refractivity contribution in [3.63, 3.8) is 0 Å². The molecular formula is C20H26Cl2N6. The van der Waals surface area contributed by atoms with Gasteiger partial charge in [0.2, 0.25) is 0 Å². The number of nitrogens with zero attached hydrogens (tertiary/aromatic N) is 4. The van der Waals surface area contributed by atoms with Crippen LogP contribution in [0, 0.1) is 0 Å². The van der Waals surface area contributed by atoms with Crippen molar-refractivity contribution in [3.8, 4) is 0 Å². The third kappa shape index (κ3) is 5.28. The molecule has 0 bridgehead atoms. The van der Waals surface area contributed by atoms with E-state index in [9.17, 15) is 0 Å². The third-order valence-electron chi connectivity index (χ3n) is 4.88. The molecule has 1 aliphatic rings. The van der Waals surface area contributed by atoms with Crippen molar-refractivity contribution in [1.29, 1.82) is 0 Å². The molecule has 8 heteroatoms. The molecule has 3 rings (SSSR count). The summed E-state index contributed by atoms with van der Waals surface area (Å²) in [5.74, 6) is 1.35. The minimum Gasteiger partial charge on any atom is -0.370 e. The van der Waals surface area contributed by atoms with Gasteiger partial charge in [-0.15, -0.1) is 0 Å². The van der Waals surface area contributed by atoms with Crippen molar-refractivity contribution in [1.82, 2.24) is 15.2 Å². The van der Waals surface area contributed by atoms with Crippen LogP contribution in [0.5, 0.6) is 0 Å². The van der Waals surface area contributed by atoms with E-state index >= 15 is 0 Å². The van der Waals surface area contributed by atoms with Crippen molar-refractivity contribution in [2.45, 2.75) is 19.5 Å². The zero-order chi connectivity index (χ0) is 20.1. The molecule has 150 valence electrons. The number of guanidine groups is 1. The van der Waals surface area contributed by atoms with Gasteiger partial charge in [0.25, 0.3) is 0 Å². The largest absolute Gasteiger partial charge is 0.370 e. The molecule has 1 saturated heterocycles. The SMILES string of the molecule is CC(NC(N)=NCc1cccnc1N1CCN(C)CC1)c1ccc(Cl)cc1Cl. The lowest BCUT2D eigenvalue weighted by Crippen LogP contribution is -2.45. The number of nitrogens with two attached hydrogens (primary N) is 1. The van der Waals surface area contributed by atoms with Gasteiger partial charge in [0, 0.05) is 48.0 Å². The van der Waals surface area contributed by atoms with Crippen LogP contribution in [0.4, 0.5) is 5.82 Å². The molecular weight excluding hydrogens is 395 g/mol. The second kappa shape index (κ2) is 9.45. The summed E-state index contributed by atoms with van der Waals surface area (Å²) in [5, 5.41) is 4.40. The Kier molecular flexibility index (Phi) is 6.99. The summed E-state index contributed by atoms with van der Waals surface area (Å²) in [5.41, 5.74) is 8.10. The molecule has 6 nitrogen and oxygen atoms in total. The van der Waals surface area contributed by atoms with Gasteiger partial charge in [-0.05, 0) is 37.7 Å². The quantitative estimate of drug-likeness (QED) is 0.573. The molecule has 0 radical (unpaired) electrons. The van der Waals surface area contributed by atoms with Crippen LogP contribution in [-0.2, 0) is 6.54 Å². The standard InChI is InChI=1S/C20H26Cl2N6/c1-14(17-6-5-16(21)12-18(17)22)26-20(23)25-13-15-4-3-7-24-19(15)28-10-8-27(2)9-11-28/h3-7,12,14H,8-11,13H2,1-2H3,(H3,23,25,26). The van der Waals surface area contributed by atoms with Crippen LogP contribution >= 0.6 is 23.2 Å². The lowest BCUT2D eigenvalue weighted by Gasteiger charge is -2.34. The van der Waals surface area contributed by atoms with Crippen LogP contribution in [-0.4, -0.2) is 49.1 Å². The van der Waals surface area contributed by atoms with Gasteiger partial charge in [-0.25, -0.2) is 9.98 Å². The number of piperazine rings is 1. The van der Waals surface area contributed by atoms with Crippen molar-refractivity contribution in [2.75, 3.05) is 38.1 Å². The van der Waals surface area contributed by atoms with E-state index in [-0.39, 0.29) is 6.04 Å². The Balaban J connectivity index is 1.66. The Hall–Kier alpha value is -2.02. The van der Waals surface area contributed by atoms with E-state index in [0.29, 0.717) is 22.5 Å². The normalized spacial score (nSPS) is 16.9. The average Bonchev–Trinajstić information content (AvgIpc) is 2.67. The van der Waals surface area contributed by atoms with Gasteiger partial charge in [0.05, 0.1) is 12.6 Å². The number of benzene rings is 1. The molecule has 0 saturated carbocycles. The number of aliphatic imine (C=N–C) groups is 1. The highest BCUT2D eigenvalue weighted by Gasteiger charge is 2.18. The minimum atomic E-state index is -0.0838. The average molecular weight is 421 g/mol. The topological polar surface area (TPSA) is 69.8 Å².